The molecule has 0 spiro atoms. The fourth-order valence-corrected chi connectivity index (χ4v) is 1.24. The zero-order valence-electron chi connectivity index (χ0n) is 7.75. The molecule has 0 atom stereocenters. The Morgan fingerprint density at radius 3 is 2.75 bits per heavy atom. The Morgan fingerprint density at radius 1 is 1.50 bits per heavy atom. The minimum absolute atomic E-state index is 0.880. The third kappa shape index (κ3) is 3.24. The molecule has 0 aromatic rings. The molecule has 0 amide bonds. The van der Waals surface area contributed by atoms with Crippen molar-refractivity contribution in [1.82, 2.24) is 4.90 Å². The van der Waals surface area contributed by atoms with Crippen LogP contribution in [-0.4, -0.2) is 37.7 Å². The topological polar surface area (TPSA) is 38.5 Å². The van der Waals surface area contributed by atoms with Crippen LogP contribution in [0.3, 0.4) is 0 Å². The number of ether oxygens (including phenoxy) is 1. The molecule has 1 rings (SSSR count). The van der Waals surface area contributed by atoms with Gasteiger partial charge in [0.15, 0.2) is 0 Å². The Bertz CT molecular complexity index is 151. The number of hydrogen-bond donors (Lipinski definition) is 1. The Hall–Kier alpha value is -0.540. The first kappa shape index (κ1) is 9.55. The largest absolute Gasteiger partial charge is 0.405 e. The highest BCUT2D eigenvalue weighted by Gasteiger charge is 2.08. The average molecular weight is 170 g/mol. The van der Waals surface area contributed by atoms with Crippen LogP contribution in [0.5, 0.6) is 0 Å². The van der Waals surface area contributed by atoms with E-state index >= 15 is 0 Å². The molecule has 0 bridgehead atoms. The van der Waals surface area contributed by atoms with Crippen LogP contribution >= 0.6 is 0 Å². The molecule has 0 aliphatic carbocycles. The van der Waals surface area contributed by atoms with Crippen LogP contribution in [0.2, 0.25) is 0 Å². The summed E-state index contributed by atoms with van der Waals surface area (Å²) in [4.78, 5) is 2.41. The normalized spacial score (nSPS) is 21.2. The van der Waals surface area contributed by atoms with Gasteiger partial charge in [-0.1, -0.05) is 5.57 Å². The molecule has 0 radical (unpaired) electrons. The predicted octanol–water partition coefficient (Wildman–Crippen LogP) is 0.571. The Balaban J connectivity index is 2.13. The molecule has 0 saturated carbocycles. The highest BCUT2D eigenvalue weighted by molar-refractivity contribution is 4.95. The van der Waals surface area contributed by atoms with Gasteiger partial charge in [0.25, 0.3) is 0 Å². The van der Waals surface area contributed by atoms with Crippen molar-refractivity contribution in [2.24, 2.45) is 5.73 Å². The second kappa shape index (κ2) is 5.17. The third-order valence-electron chi connectivity index (χ3n) is 2.21. The van der Waals surface area contributed by atoms with Gasteiger partial charge in [0.2, 0.25) is 0 Å². The summed E-state index contributed by atoms with van der Waals surface area (Å²) in [5.74, 6) is 0. The molecule has 3 heteroatoms. The van der Waals surface area contributed by atoms with Gasteiger partial charge in [0.05, 0.1) is 13.2 Å². The minimum atomic E-state index is 0.880. The molecule has 3 nitrogen and oxygen atoms in total. The summed E-state index contributed by atoms with van der Waals surface area (Å²) in [7, 11) is 0. The van der Waals surface area contributed by atoms with Crippen molar-refractivity contribution in [3.05, 3.63) is 11.8 Å². The smallest absolute Gasteiger partial charge is 0.0594 e. The Labute approximate surface area is 74.2 Å². The average Bonchev–Trinajstić information content (AvgIpc) is 2.16. The van der Waals surface area contributed by atoms with Gasteiger partial charge in [-0.3, -0.25) is 4.90 Å². The van der Waals surface area contributed by atoms with E-state index in [9.17, 15) is 0 Å². The van der Waals surface area contributed by atoms with Crippen LogP contribution in [0.1, 0.15) is 13.3 Å². The van der Waals surface area contributed by atoms with E-state index in [0.29, 0.717) is 0 Å². The van der Waals surface area contributed by atoms with E-state index in [1.807, 2.05) is 0 Å². The summed E-state index contributed by atoms with van der Waals surface area (Å²) >= 11 is 0. The number of nitrogens with zero attached hydrogens (tertiary/aromatic N) is 1. The van der Waals surface area contributed by atoms with Crippen molar-refractivity contribution in [2.75, 3.05) is 32.8 Å². The van der Waals surface area contributed by atoms with E-state index < -0.39 is 0 Å². The van der Waals surface area contributed by atoms with E-state index in [-0.39, 0.29) is 0 Å². The lowest BCUT2D eigenvalue weighted by Gasteiger charge is -2.26. The summed E-state index contributed by atoms with van der Waals surface area (Å²) in [6.45, 7) is 7.08. The first-order valence-corrected chi connectivity index (χ1v) is 4.50. The number of hydrogen-bond acceptors (Lipinski definition) is 3. The summed E-state index contributed by atoms with van der Waals surface area (Å²) in [6.07, 6.45) is 2.77. The van der Waals surface area contributed by atoms with E-state index in [4.69, 9.17) is 10.5 Å². The van der Waals surface area contributed by atoms with E-state index in [1.54, 1.807) is 6.20 Å². The van der Waals surface area contributed by atoms with Crippen molar-refractivity contribution in [3.8, 4) is 0 Å². The number of morpholine rings is 1. The molecule has 1 aliphatic heterocycles. The van der Waals surface area contributed by atoms with Crippen LogP contribution in [0.15, 0.2) is 11.8 Å². The van der Waals surface area contributed by atoms with Crippen molar-refractivity contribution in [2.45, 2.75) is 13.3 Å². The van der Waals surface area contributed by atoms with Gasteiger partial charge >= 0.3 is 0 Å². The lowest BCUT2D eigenvalue weighted by molar-refractivity contribution is 0.0384. The minimum Gasteiger partial charge on any atom is -0.405 e. The molecule has 1 aliphatic rings. The third-order valence-corrected chi connectivity index (χ3v) is 2.21. The van der Waals surface area contributed by atoms with Crippen molar-refractivity contribution in [1.29, 1.82) is 0 Å². The lowest BCUT2D eigenvalue weighted by atomic mass is 10.2. The van der Waals surface area contributed by atoms with Gasteiger partial charge in [0, 0.05) is 19.6 Å². The Morgan fingerprint density at radius 2 is 2.17 bits per heavy atom. The summed E-state index contributed by atoms with van der Waals surface area (Å²) < 4.78 is 5.25. The quantitative estimate of drug-likeness (QED) is 0.673. The fraction of sp³-hybridized carbons (Fsp3) is 0.778. The summed E-state index contributed by atoms with van der Waals surface area (Å²) in [5, 5.41) is 0. The standard InChI is InChI=1S/C9H18N2O/c1-9(8-10)2-3-11-4-6-12-7-5-11/h8H,2-7,10H2,1H3/b9-8+. The second-order valence-corrected chi connectivity index (χ2v) is 3.22. The van der Waals surface area contributed by atoms with Crippen LogP contribution in [0.4, 0.5) is 0 Å². The first-order valence-electron chi connectivity index (χ1n) is 4.50. The summed E-state index contributed by atoms with van der Waals surface area (Å²) in [5.41, 5.74) is 6.65. The van der Waals surface area contributed by atoms with Crippen LogP contribution in [0, 0.1) is 0 Å². The molecule has 1 fully saturated rings. The van der Waals surface area contributed by atoms with Gasteiger partial charge in [-0.25, -0.2) is 0 Å². The molecule has 1 saturated heterocycles. The predicted molar refractivity (Wildman–Crippen MR) is 49.8 cm³/mol. The molecule has 70 valence electrons. The number of nitrogens with two attached hydrogens (primary N) is 1. The SMILES string of the molecule is C/C(=C\N)CCN1CCOCC1. The van der Waals surface area contributed by atoms with E-state index in [2.05, 4.69) is 11.8 Å². The van der Waals surface area contributed by atoms with Gasteiger partial charge in [-0.2, -0.15) is 0 Å². The van der Waals surface area contributed by atoms with Gasteiger partial charge in [-0.15, -0.1) is 0 Å². The van der Waals surface area contributed by atoms with Crippen LogP contribution in [-0.2, 0) is 4.74 Å². The second-order valence-electron chi connectivity index (χ2n) is 3.22. The van der Waals surface area contributed by atoms with Crippen molar-refractivity contribution < 1.29 is 4.74 Å². The van der Waals surface area contributed by atoms with E-state index in [0.717, 1.165) is 39.3 Å². The zero-order valence-corrected chi connectivity index (χ0v) is 7.75. The maximum atomic E-state index is 5.38. The van der Waals surface area contributed by atoms with E-state index in [1.165, 1.54) is 5.57 Å². The molecule has 2 N–H and O–H groups in total. The molecule has 1 heterocycles. The monoisotopic (exact) mass is 170 g/mol. The van der Waals surface area contributed by atoms with Crippen molar-refractivity contribution >= 4 is 0 Å². The van der Waals surface area contributed by atoms with Crippen LogP contribution < -0.4 is 5.73 Å². The maximum Gasteiger partial charge on any atom is 0.0594 e. The van der Waals surface area contributed by atoms with Gasteiger partial charge < -0.3 is 10.5 Å². The molecular formula is C9H18N2O. The highest BCUT2D eigenvalue weighted by Crippen LogP contribution is 2.02. The van der Waals surface area contributed by atoms with Crippen molar-refractivity contribution in [3.63, 3.8) is 0 Å². The molecule has 0 aromatic carbocycles. The lowest BCUT2D eigenvalue weighted by Crippen LogP contribution is -2.36. The maximum absolute atomic E-state index is 5.38. The van der Waals surface area contributed by atoms with Crippen LogP contribution in [0.25, 0.3) is 0 Å². The van der Waals surface area contributed by atoms with Gasteiger partial charge in [-0.05, 0) is 19.5 Å². The first-order chi connectivity index (χ1) is 5.83. The molecule has 0 aromatic heterocycles. The molecule has 0 unspecified atom stereocenters. The fourth-order valence-electron chi connectivity index (χ4n) is 1.24. The molecular weight excluding hydrogens is 152 g/mol. The zero-order chi connectivity index (χ0) is 8.81. The molecule has 12 heavy (non-hydrogen) atoms. The highest BCUT2D eigenvalue weighted by atomic mass is 16.5. The summed E-state index contributed by atoms with van der Waals surface area (Å²) in [6, 6.07) is 0. The number of rotatable bonds is 3. The van der Waals surface area contributed by atoms with Gasteiger partial charge in [0.1, 0.15) is 0 Å². The Kier molecular flexibility index (Phi) is 4.11.